The van der Waals surface area contributed by atoms with Crippen LogP contribution in [-0.2, 0) is 10.9 Å². The average molecular weight is 518 g/mol. The third kappa shape index (κ3) is 5.22. The Kier molecular flexibility index (Phi) is 6.62. The van der Waals surface area contributed by atoms with Crippen LogP contribution in [0.25, 0.3) is 11.0 Å². The molecular weight excluding hydrogens is 485 g/mol. The van der Waals surface area contributed by atoms with Gasteiger partial charge in [0.2, 0.25) is 5.92 Å². The molecule has 200 valence electrons. The molecule has 36 heavy (non-hydrogen) atoms. The maximum atomic E-state index is 14.2. The summed E-state index contributed by atoms with van der Waals surface area (Å²) in [5.74, 6) is -2.85. The minimum Gasteiger partial charge on any atom is -0.444 e. The Morgan fingerprint density at radius 3 is 2.42 bits per heavy atom. The standard InChI is InChI=1S/C24H32F5N5O2/c1-14-11-33(21(35)36-22(3,4)5)15(2)10-32(14)19-18-17(24(27,28)29)12-34(20(18)31-13-30-19)16-7-6-8-23(25,26)9-16/h12-16H,6-11H2,1-5H3/t14?,15-,16?/m0/s1. The molecule has 1 aliphatic heterocycles. The molecule has 3 atom stereocenters. The molecule has 2 aliphatic rings. The van der Waals surface area contributed by atoms with Crippen LogP contribution in [0, 0.1) is 0 Å². The predicted octanol–water partition coefficient (Wildman–Crippen LogP) is 6.03. The topological polar surface area (TPSA) is 63.5 Å². The maximum Gasteiger partial charge on any atom is 0.418 e. The van der Waals surface area contributed by atoms with Crippen LogP contribution in [0.15, 0.2) is 12.5 Å². The summed E-state index contributed by atoms with van der Waals surface area (Å²) in [6, 6.07) is -1.54. The van der Waals surface area contributed by atoms with Gasteiger partial charge in [-0.1, -0.05) is 0 Å². The second-order valence-electron chi connectivity index (χ2n) is 10.9. The van der Waals surface area contributed by atoms with Gasteiger partial charge in [0, 0.05) is 50.3 Å². The van der Waals surface area contributed by atoms with E-state index in [0.717, 1.165) is 6.20 Å². The molecule has 3 heterocycles. The summed E-state index contributed by atoms with van der Waals surface area (Å²) in [5.41, 5.74) is -1.64. The maximum absolute atomic E-state index is 14.2. The third-order valence-electron chi connectivity index (χ3n) is 6.79. The van der Waals surface area contributed by atoms with Gasteiger partial charge in [-0.15, -0.1) is 0 Å². The van der Waals surface area contributed by atoms with Crippen LogP contribution >= 0.6 is 0 Å². The van der Waals surface area contributed by atoms with E-state index in [-0.39, 0.29) is 54.9 Å². The van der Waals surface area contributed by atoms with Crippen molar-refractivity contribution in [1.82, 2.24) is 19.4 Å². The molecule has 0 bridgehead atoms. The Hall–Kier alpha value is -2.66. The number of alkyl halides is 5. The monoisotopic (exact) mass is 517 g/mol. The lowest BCUT2D eigenvalue weighted by molar-refractivity contribution is -0.136. The first-order chi connectivity index (χ1) is 16.6. The largest absolute Gasteiger partial charge is 0.444 e. The molecule has 0 spiro atoms. The van der Waals surface area contributed by atoms with E-state index in [0.29, 0.717) is 6.42 Å². The van der Waals surface area contributed by atoms with Crippen molar-refractivity contribution in [2.24, 2.45) is 0 Å². The Bertz CT molecular complexity index is 1130. The van der Waals surface area contributed by atoms with E-state index < -0.39 is 41.8 Å². The Labute approximate surface area is 206 Å². The number of fused-ring (bicyclic) bond motifs is 1. The van der Waals surface area contributed by atoms with E-state index in [1.807, 2.05) is 0 Å². The zero-order chi connectivity index (χ0) is 26.6. The number of rotatable bonds is 2. The number of nitrogens with zero attached hydrogens (tertiary/aromatic N) is 5. The molecule has 0 aromatic carbocycles. The van der Waals surface area contributed by atoms with Crippen LogP contribution in [-0.4, -0.2) is 62.2 Å². The van der Waals surface area contributed by atoms with Crippen LogP contribution in [0.4, 0.5) is 32.6 Å². The van der Waals surface area contributed by atoms with E-state index in [4.69, 9.17) is 4.74 Å². The van der Waals surface area contributed by atoms with Crippen LogP contribution in [0.5, 0.6) is 0 Å². The smallest absolute Gasteiger partial charge is 0.418 e. The summed E-state index contributed by atoms with van der Waals surface area (Å²) in [6.45, 7) is 9.31. The van der Waals surface area contributed by atoms with Gasteiger partial charge < -0.3 is 19.1 Å². The van der Waals surface area contributed by atoms with Crippen LogP contribution < -0.4 is 4.90 Å². The molecule has 0 radical (unpaired) electrons. The third-order valence-corrected chi connectivity index (χ3v) is 6.79. The Morgan fingerprint density at radius 1 is 1.11 bits per heavy atom. The van der Waals surface area contributed by atoms with Crippen molar-refractivity contribution in [3.8, 4) is 0 Å². The van der Waals surface area contributed by atoms with Crippen LogP contribution in [0.1, 0.15) is 71.9 Å². The van der Waals surface area contributed by atoms with Gasteiger partial charge in [0.15, 0.2) is 0 Å². The van der Waals surface area contributed by atoms with Gasteiger partial charge in [-0.3, -0.25) is 0 Å². The lowest BCUT2D eigenvalue weighted by atomic mass is 9.92. The Balaban J connectivity index is 1.73. The number of halogens is 5. The fraction of sp³-hybridized carbons (Fsp3) is 0.708. The van der Waals surface area contributed by atoms with Crippen molar-refractivity contribution in [2.45, 2.75) is 96.1 Å². The van der Waals surface area contributed by atoms with Crippen molar-refractivity contribution in [2.75, 3.05) is 18.0 Å². The van der Waals surface area contributed by atoms with E-state index in [1.54, 1.807) is 44.4 Å². The van der Waals surface area contributed by atoms with E-state index in [2.05, 4.69) is 9.97 Å². The number of carbonyl (C=O) groups excluding carboxylic acids is 1. The highest BCUT2D eigenvalue weighted by atomic mass is 19.4. The van der Waals surface area contributed by atoms with Gasteiger partial charge >= 0.3 is 12.3 Å². The fourth-order valence-electron chi connectivity index (χ4n) is 5.16. The van der Waals surface area contributed by atoms with Crippen molar-refractivity contribution >= 4 is 22.9 Å². The summed E-state index contributed by atoms with van der Waals surface area (Å²) in [4.78, 5) is 24.3. The highest BCUT2D eigenvalue weighted by molar-refractivity contribution is 5.92. The molecule has 2 unspecified atom stereocenters. The first kappa shape index (κ1) is 26.4. The summed E-state index contributed by atoms with van der Waals surface area (Å²) >= 11 is 0. The number of aromatic nitrogens is 3. The van der Waals surface area contributed by atoms with Crippen molar-refractivity contribution < 1.29 is 31.5 Å². The average Bonchev–Trinajstić information content (AvgIpc) is 3.13. The second kappa shape index (κ2) is 9.02. The van der Waals surface area contributed by atoms with Gasteiger partial charge in [-0.25, -0.2) is 23.5 Å². The normalized spacial score (nSPS) is 25.3. The van der Waals surface area contributed by atoms with Gasteiger partial charge in [-0.05, 0) is 47.5 Å². The summed E-state index contributed by atoms with van der Waals surface area (Å²) in [7, 11) is 0. The highest BCUT2D eigenvalue weighted by Gasteiger charge is 2.43. The lowest BCUT2D eigenvalue weighted by Crippen LogP contribution is -2.59. The molecule has 2 aromatic rings. The van der Waals surface area contributed by atoms with Crippen molar-refractivity contribution in [1.29, 1.82) is 0 Å². The summed E-state index contributed by atoms with van der Waals surface area (Å²) in [5, 5.41) is -0.205. The number of anilines is 1. The number of amides is 1. The van der Waals surface area contributed by atoms with Crippen LogP contribution in [0.3, 0.4) is 0 Å². The first-order valence-corrected chi connectivity index (χ1v) is 12.1. The van der Waals surface area contributed by atoms with E-state index in [1.165, 1.54) is 10.9 Å². The minimum atomic E-state index is -4.73. The quantitative estimate of drug-likeness (QED) is 0.455. The molecular formula is C24H32F5N5O2. The number of ether oxygens (including phenoxy) is 1. The second-order valence-corrected chi connectivity index (χ2v) is 10.9. The lowest BCUT2D eigenvalue weighted by Gasteiger charge is -2.44. The van der Waals surface area contributed by atoms with E-state index in [9.17, 15) is 26.7 Å². The molecule has 1 aliphatic carbocycles. The SMILES string of the molecule is CC1CN(C(=O)OC(C)(C)C)[C@@H](C)CN1c1ncnc2c1c(C(F)(F)F)cn2C1CCCC(F)(F)C1. The molecule has 2 fully saturated rings. The molecule has 1 saturated heterocycles. The summed E-state index contributed by atoms with van der Waals surface area (Å²) < 4.78 is 77.6. The molecule has 1 saturated carbocycles. The zero-order valence-corrected chi connectivity index (χ0v) is 21.1. The number of carbonyl (C=O) groups is 1. The van der Waals surface area contributed by atoms with Crippen molar-refractivity contribution in [3.63, 3.8) is 0 Å². The van der Waals surface area contributed by atoms with Crippen molar-refractivity contribution in [3.05, 3.63) is 18.1 Å². The molecule has 0 N–H and O–H groups in total. The van der Waals surface area contributed by atoms with E-state index >= 15 is 0 Å². The molecule has 1 amide bonds. The van der Waals surface area contributed by atoms with Crippen LogP contribution in [0.2, 0.25) is 0 Å². The molecule has 12 heteroatoms. The highest BCUT2D eigenvalue weighted by Crippen LogP contribution is 2.45. The number of hydrogen-bond donors (Lipinski definition) is 0. The zero-order valence-electron chi connectivity index (χ0n) is 21.1. The molecule has 4 rings (SSSR count). The van der Waals surface area contributed by atoms with Gasteiger partial charge in [0.1, 0.15) is 23.4 Å². The van der Waals surface area contributed by atoms with Gasteiger partial charge in [-0.2, -0.15) is 13.2 Å². The first-order valence-electron chi connectivity index (χ1n) is 12.1. The van der Waals surface area contributed by atoms with Gasteiger partial charge in [0.05, 0.1) is 10.9 Å². The number of hydrogen-bond acceptors (Lipinski definition) is 5. The Morgan fingerprint density at radius 2 is 1.81 bits per heavy atom. The summed E-state index contributed by atoms with van der Waals surface area (Å²) in [6.07, 6.45) is -3.38. The molecule has 2 aromatic heterocycles. The number of piperazine rings is 1. The minimum absolute atomic E-state index is 0.00977. The molecule has 7 nitrogen and oxygen atoms in total. The predicted molar refractivity (Wildman–Crippen MR) is 124 cm³/mol. The van der Waals surface area contributed by atoms with Gasteiger partial charge in [0.25, 0.3) is 0 Å². The fourth-order valence-corrected chi connectivity index (χ4v) is 5.16.